The van der Waals surface area contributed by atoms with Gasteiger partial charge in [-0.3, -0.25) is 9.59 Å². The first-order chi connectivity index (χ1) is 7.61. The first kappa shape index (κ1) is 11.0. The molecular weight excluding hydrogens is 228 g/mol. The van der Waals surface area contributed by atoms with Crippen LogP contribution in [0.15, 0.2) is 12.1 Å². The number of rotatable bonds is 1. The number of carbonyl (C=O) groups is 2. The number of amides is 2. The molecule has 0 unspecified atom stereocenters. The summed E-state index contributed by atoms with van der Waals surface area (Å²) in [6.45, 7) is 1.95. The Morgan fingerprint density at radius 3 is 2.81 bits per heavy atom. The van der Waals surface area contributed by atoms with Crippen molar-refractivity contribution in [1.29, 1.82) is 0 Å². The summed E-state index contributed by atoms with van der Waals surface area (Å²) in [6, 6.07) is 3.52. The molecule has 0 aromatic heterocycles. The Bertz CT molecular complexity index is 471. The zero-order valence-corrected chi connectivity index (χ0v) is 9.52. The van der Waals surface area contributed by atoms with Gasteiger partial charge in [0.25, 0.3) is 5.91 Å². The lowest BCUT2D eigenvalue weighted by Gasteiger charge is -2.09. The molecule has 1 heterocycles. The molecule has 4 nitrogen and oxygen atoms in total. The van der Waals surface area contributed by atoms with Crippen molar-refractivity contribution in [3.63, 3.8) is 0 Å². The number of anilines is 1. The van der Waals surface area contributed by atoms with E-state index in [2.05, 4.69) is 10.6 Å². The summed E-state index contributed by atoms with van der Waals surface area (Å²) in [6.07, 6.45) is 0.786. The molecule has 84 valence electrons. The monoisotopic (exact) mass is 238 g/mol. The summed E-state index contributed by atoms with van der Waals surface area (Å²) in [5.41, 5.74) is 1.80. The van der Waals surface area contributed by atoms with Crippen molar-refractivity contribution in [3.8, 4) is 0 Å². The van der Waals surface area contributed by atoms with Gasteiger partial charge in [-0.1, -0.05) is 18.5 Å². The van der Waals surface area contributed by atoms with Crippen LogP contribution in [0.4, 0.5) is 5.69 Å². The van der Waals surface area contributed by atoms with Crippen LogP contribution >= 0.6 is 11.6 Å². The van der Waals surface area contributed by atoms with Crippen molar-refractivity contribution in [3.05, 3.63) is 28.3 Å². The van der Waals surface area contributed by atoms with Crippen molar-refractivity contribution in [2.45, 2.75) is 13.3 Å². The highest BCUT2D eigenvalue weighted by Crippen LogP contribution is 2.29. The van der Waals surface area contributed by atoms with Crippen LogP contribution in [0.1, 0.15) is 22.8 Å². The van der Waals surface area contributed by atoms with Gasteiger partial charge in [-0.2, -0.15) is 0 Å². The highest BCUT2D eigenvalue weighted by atomic mass is 35.5. The lowest BCUT2D eigenvalue weighted by Crippen LogP contribution is -2.28. The number of hydrogen-bond donors (Lipinski definition) is 2. The number of carbonyl (C=O) groups excluding carboxylic acids is 2. The van der Waals surface area contributed by atoms with E-state index in [1.54, 1.807) is 12.1 Å². The van der Waals surface area contributed by atoms with Crippen molar-refractivity contribution in [2.75, 3.05) is 11.9 Å². The summed E-state index contributed by atoms with van der Waals surface area (Å²) in [5, 5.41) is 5.54. The molecule has 1 aromatic rings. The predicted octanol–water partition coefficient (Wildman–Crippen LogP) is 1.58. The Labute approximate surface area is 98.0 Å². The maximum absolute atomic E-state index is 11.7. The molecule has 0 saturated carbocycles. The molecule has 2 amide bonds. The van der Waals surface area contributed by atoms with Gasteiger partial charge in [0.2, 0.25) is 5.91 Å². The van der Waals surface area contributed by atoms with E-state index in [9.17, 15) is 9.59 Å². The fraction of sp³-hybridized carbons (Fsp3) is 0.273. The molecule has 0 radical (unpaired) electrons. The Balaban J connectivity index is 2.58. The number of benzene rings is 1. The third-order valence-corrected chi connectivity index (χ3v) is 2.77. The Hall–Kier alpha value is -1.55. The van der Waals surface area contributed by atoms with E-state index in [-0.39, 0.29) is 18.4 Å². The van der Waals surface area contributed by atoms with Gasteiger partial charge in [-0.15, -0.1) is 0 Å². The maximum atomic E-state index is 11.7. The summed E-state index contributed by atoms with van der Waals surface area (Å²) in [5.74, 6) is -0.538. The minimum absolute atomic E-state index is 0.0225. The molecule has 16 heavy (non-hydrogen) atoms. The van der Waals surface area contributed by atoms with Gasteiger partial charge >= 0.3 is 0 Å². The maximum Gasteiger partial charge on any atom is 0.253 e. The second-order valence-electron chi connectivity index (χ2n) is 3.58. The molecule has 2 N–H and O–H groups in total. The van der Waals surface area contributed by atoms with Crippen molar-refractivity contribution in [2.24, 2.45) is 0 Å². The minimum atomic E-state index is -0.273. The fourth-order valence-corrected chi connectivity index (χ4v) is 1.90. The van der Waals surface area contributed by atoms with E-state index in [1.807, 2.05) is 6.92 Å². The highest BCUT2D eigenvalue weighted by molar-refractivity contribution is 6.35. The molecule has 0 aliphatic carbocycles. The third kappa shape index (κ3) is 1.88. The topological polar surface area (TPSA) is 58.2 Å². The lowest BCUT2D eigenvalue weighted by molar-refractivity contribution is -0.115. The quantitative estimate of drug-likeness (QED) is 0.781. The van der Waals surface area contributed by atoms with Crippen LogP contribution in [0.5, 0.6) is 0 Å². The average Bonchev–Trinajstić information content (AvgIpc) is 2.41. The fourth-order valence-electron chi connectivity index (χ4n) is 1.61. The average molecular weight is 239 g/mol. The van der Waals surface area contributed by atoms with Gasteiger partial charge in [-0.05, 0) is 24.1 Å². The van der Waals surface area contributed by atoms with Gasteiger partial charge in [-0.25, -0.2) is 0 Å². The van der Waals surface area contributed by atoms with Crippen LogP contribution in [-0.4, -0.2) is 18.4 Å². The van der Waals surface area contributed by atoms with Gasteiger partial charge < -0.3 is 10.6 Å². The molecule has 1 aliphatic rings. The van der Waals surface area contributed by atoms with Crippen LogP contribution in [0.3, 0.4) is 0 Å². The molecular formula is C11H11ClN2O2. The Morgan fingerprint density at radius 1 is 1.38 bits per heavy atom. The summed E-state index contributed by atoms with van der Waals surface area (Å²) in [4.78, 5) is 23.0. The first-order valence-corrected chi connectivity index (χ1v) is 5.40. The summed E-state index contributed by atoms with van der Waals surface area (Å²) >= 11 is 6.03. The molecule has 1 aromatic carbocycles. The third-order valence-electron chi connectivity index (χ3n) is 2.48. The lowest BCUT2D eigenvalue weighted by atomic mass is 10.1. The van der Waals surface area contributed by atoms with Crippen molar-refractivity contribution >= 4 is 29.1 Å². The van der Waals surface area contributed by atoms with Gasteiger partial charge in [0.05, 0.1) is 22.8 Å². The van der Waals surface area contributed by atoms with Crippen LogP contribution in [0, 0.1) is 0 Å². The van der Waals surface area contributed by atoms with E-state index in [0.717, 1.165) is 12.0 Å². The van der Waals surface area contributed by atoms with Crippen LogP contribution < -0.4 is 10.6 Å². The molecule has 0 atom stereocenters. The zero-order valence-electron chi connectivity index (χ0n) is 8.76. The Kier molecular flexibility index (Phi) is 2.83. The van der Waals surface area contributed by atoms with E-state index >= 15 is 0 Å². The standard InChI is InChI=1S/C11H11ClN2O2/c1-2-6-3-7-10(8(12)4-6)14-9(15)5-13-11(7)16/h3-4H,2,5H2,1H3,(H,13,16)(H,14,15). The zero-order chi connectivity index (χ0) is 11.7. The normalized spacial score (nSPS) is 14.9. The molecule has 0 spiro atoms. The van der Waals surface area contributed by atoms with Gasteiger partial charge in [0.15, 0.2) is 0 Å². The SMILES string of the molecule is CCc1cc(Cl)c2c(c1)C(=O)NCC(=O)N2. The van der Waals surface area contributed by atoms with Crippen LogP contribution in [0.25, 0.3) is 0 Å². The van der Waals surface area contributed by atoms with E-state index < -0.39 is 0 Å². The number of aryl methyl sites for hydroxylation is 1. The molecule has 5 heteroatoms. The van der Waals surface area contributed by atoms with Gasteiger partial charge in [0.1, 0.15) is 0 Å². The minimum Gasteiger partial charge on any atom is -0.343 e. The number of fused-ring (bicyclic) bond motifs is 1. The summed E-state index contributed by atoms with van der Waals surface area (Å²) < 4.78 is 0. The number of hydrogen-bond acceptors (Lipinski definition) is 2. The molecule has 0 bridgehead atoms. The molecule has 2 rings (SSSR count). The van der Waals surface area contributed by atoms with Crippen molar-refractivity contribution in [1.82, 2.24) is 5.32 Å². The van der Waals surface area contributed by atoms with E-state index in [1.165, 1.54) is 0 Å². The largest absolute Gasteiger partial charge is 0.343 e. The van der Waals surface area contributed by atoms with E-state index in [4.69, 9.17) is 11.6 Å². The number of halogens is 1. The highest BCUT2D eigenvalue weighted by Gasteiger charge is 2.21. The summed E-state index contributed by atoms with van der Waals surface area (Å²) in [7, 11) is 0. The molecule has 0 saturated heterocycles. The molecule has 0 fully saturated rings. The Morgan fingerprint density at radius 2 is 2.12 bits per heavy atom. The van der Waals surface area contributed by atoms with Crippen molar-refractivity contribution < 1.29 is 9.59 Å². The molecule has 1 aliphatic heterocycles. The predicted molar refractivity (Wildman–Crippen MR) is 61.8 cm³/mol. The van der Waals surface area contributed by atoms with E-state index in [0.29, 0.717) is 16.3 Å². The van der Waals surface area contributed by atoms with Gasteiger partial charge in [0, 0.05) is 0 Å². The second kappa shape index (κ2) is 4.14. The number of nitrogens with one attached hydrogen (secondary N) is 2. The second-order valence-corrected chi connectivity index (χ2v) is 3.99. The smallest absolute Gasteiger partial charge is 0.253 e. The first-order valence-electron chi connectivity index (χ1n) is 5.02. The van der Waals surface area contributed by atoms with Crippen LogP contribution in [-0.2, 0) is 11.2 Å². The van der Waals surface area contributed by atoms with Crippen LogP contribution in [0.2, 0.25) is 5.02 Å².